The molecule has 1 saturated heterocycles. The highest BCUT2D eigenvalue weighted by atomic mass is 16.5. The van der Waals surface area contributed by atoms with E-state index in [4.69, 9.17) is 4.74 Å². The summed E-state index contributed by atoms with van der Waals surface area (Å²) in [6.45, 7) is 9.03. The standard InChI is InChI=1S/C17H23N3O2/c1-12-3-4-14-13(2)16(19-15(14)11-12)17(21)18-5-6-20-7-9-22-10-8-20/h3-4,11,19H,5-10H2,1-2H3,(H,18,21). The number of carbonyl (C=O) groups is 1. The Balaban J connectivity index is 1.63. The molecule has 1 aliphatic heterocycles. The number of nitrogens with zero attached hydrogens (tertiary/aromatic N) is 1. The van der Waals surface area contributed by atoms with Gasteiger partial charge in [-0.25, -0.2) is 0 Å². The molecule has 5 nitrogen and oxygen atoms in total. The lowest BCUT2D eigenvalue weighted by Gasteiger charge is -2.26. The fourth-order valence-corrected chi connectivity index (χ4v) is 2.92. The fourth-order valence-electron chi connectivity index (χ4n) is 2.92. The highest BCUT2D eigenvalue weighted by Crippen LogP contribution is 2.22. The lowest BCUT2D eigenvalue weighted by molar-refractivity contribution is 0.0383. The summed E-state index contributed by atoms with van der Waals surface area (Å²) in [5, 5.41) is 4.12. The maximum absolute atomic E-state index is 12.4. The Bertz CT molecular complexity index is 672. The van der Waals surface area contributed by atoms with Gasteiger partial charge in [-0.1, -0.05) is 12.1 Å². The minimum Gasteiger partial charge on any atom is -0.379 e. The van der Waals surface area contributed by atoms with Crippen molar-refractivity contribution in [3.63, 3.8) is 0 Å². The molecule has 118 valence electrons. The molecular weight excluding hydrogens is 278 g/mol. The number of nitrogens with one attached hydrogen (secondary N) is 2. The van der Waals surface area contributed by atoms with Gasteiger partial charge in [-0.2, -0.15) is 0 Å². The number of ether oxygens (including phenoxy) is 1. The Morgan fingerprint density at radius 1 is 1.32 bits per heavy atom. The van der Waals surface area contributed by atoms with Gasteiger partial charge < -0.3 is 15.0 Å². The molecule has 1 aliphatic rings. The first-order valence-electron chi connectivity index (χ1n) is 7.82. The third-order valence-corrected chi connectivity index (χ3v) is 4.26. The van der Waals surface area contributed by atoms with E-state index < -0.39 is 0 Å². The van der Waals surface area contributed by atoms with Gasteiger partial charge in [0.25, 0.3) is 5.91 Å². The van der Waals surface area contributed by atoms with Crippen LogP contribution in [-0.2, 0) is 4.74 Å². The first-order valence-corrected chi connectivity index (χ1v) is 7.82. The molecule has 0 aliphatic carbocycles. The van der Waals surface area contributed by atoms with Gasteiger partial charge in [-0.05, 0) is 31.0 Å². The number of aryl methyl sites for hydroxylation is 2. The minimum absolute atomic E-state index is 0.0281. The van der Waals surface area contributed by atoms with E-state index in [1.54, 1.807) is 0 Å². The molecule has 5 heteroatoms. The topological polar surface area (TPSA) is 57.4 Å². The Kier molecular flexibility index (Phi) is 4.45. The molecule has 1 amide bonds. The fraction of sp³-hybridized carbons (Fsp3) is 0.471. The van der Waals surface area contributed by atoms with Crippen molar-refractivity contribution < 1.29 is 9.53 Å². The second-order valence-electron chi connectivity index (χ2n) is 5.88. The van der Waals surface area contributed by atoms with Gasteiger partial charge in [0.1, 0.15) is 5.69 Å². The van der Waals surface area contributed by atoms with Crippen molar-refractivity contribution in [2.45, 2.75) is 13.8 Å². The number of aromatic amines is 1. The van der Waals surface area contributed by atoms with E-state index in [0.717, 1.165) is 49.3 Å². The van der Waals surface area contributed by atoms with Crippen LogP contribution in [0.15, 0.2) is 18.2 Å². The lowest BCUT2D eigenvalue weighted by Crippen LogP contribution is -2.41. The van der Waals surface area contributed by atoms with Crippen molar-refractivity contribution >= 4 is 16.8 Å². The molecule has 0 radical (unpaired) electrons. The molecule has 0 bridgehead atoms. The van der Waals surface area contributed by atoms with Crippen molar-refractivity contribution in [2.24, 2.45) is 0 Å². The zero-order chi connectivity index (χ0) is 15.5. The van der Waals surface area contributed by atoms with Crippen LogP contribution >= 0.6 is 0 Å². The third-order valence-electron chi connectivity index (χ3n) is 4.26. The van der Waals surface area contributed by atoms with Crippen molar-refractivity contribution in [2.75, 3.05) is 39.4 Å². The van der Waals surface area contributed by atoms with Crippen LogP contribution in [0, 0.1) is 13.8 Å². The van der Waals surface area contributed by atoms with Gasteiger partial charge in [0, 0.05) is 37.1 Å². The van der Waals surface area contributed by atoms with Crippen molar-refractivity contribution in [1.29, 1.82) is 0 Å². The predicted molar refractivity (Wildman–Crippen MR) is 87.4 cm³/mol. The molecule has 1 aromatic carbocycles. The number of carbonyl (C=O) groups excluding carboxylic acids is 1. The quantitative estimate of drug-likeness (QED) is 0.906. The molecule has 0 atom stereocenters. The molecule has 0 spiro atoms. The van der Waals surface area contributed by atoms with Crippen LogP contribution in [0.5, 0.6) is 0 Å². The maximum Gasteiger partial charge on any atom is 0.268 e. The third kappa shape index (κ3) is 3.15. The van der Waals surface area contributed by atoms with Crippen molar-refractivity contribution in [3.8, 4) is 0 Å². The van der Waals surface area contributed by atoms with E-state index >= 15 is 0 Å². The second kappa shape index (κ2) is 6.50. The molecular formula is C17H23N3O2. The summed E-state index contributed by atoms with van der Waals surface area (Å²) in [6.07, 6.45) is 0. The van der Waals surface area contributed by atoms with Gasteiger partial charge in [0.15, 0.2) is 0 Å². The van der Waals surface area contributed by atoms with Crippen LogP contribution in [0.25, 0.3) is 10.9 Å². The summed E-state index contributed by atoms with van der Waals surface area (Å²) in [7, 11) is 0. The van der Waals surface area contributed by atoms with Crippen molar-refractivity contribution in [1.82, 2.24) is 15.2 Å². The molecule has 0 saturated carbocycles. The van der Waals surface area contributed by atoms with Crippen LogP contribution < -0.4 is 5.32 Å². The molecule has 2 heterocycles. The maximum atomic E-state index is 12.4. The van der Waals surface area contributed by atoms with E-state index in [9.17, 15) is 4.79 Å². The Labute approximate surface area is 130 Å². The monoisotopic (exact) mass is 301 g/mol. The first kappa shape index (κ1) is 15.1. The number of rotatable bonds is 4. The SMILES string of the molecule is Cc1ccc2c(C)c(C(=O)NCCN3CCOCC3)[nH]c2c1. The van der Waals surface area contributed by atoms with Gasteiger partial charge in [0.2, 0.25) is 0 Å². The first-order chi connectivity index (χ1) is 10.6. The molecule has 2 aromatic rings. The molecule has 0 unspecified atom stereocenters. The number of morpholine rings is 1. The number of aromatic nitrogens is 1. The van der Waals surface area contributed by atoms with Crippen LogP contribution in [0.2, 0.25) is 0 Å². The summed E-state index contributed by atoms with van der Waals surface area (Å²) >= 11 is 0. The van der Waals surface area contributed by atoms with Crippen molar-refractivity contribution in [3.05, 3.63) is 35.0 Å². The number of hydrogen-bond acceptors (Lipinski definition) is 3. The predicted octanol–water partition coefficient (Wildman–Crippen LogP) is 1.85. The molecule has 1 fully saturated rings. The van der Waals surface area contributed by atoms with E-state index in [0.29, 0.717) is 12.2 Å². The molecule has 22 heavy (non-hydrogen) atoms. The number of hydrogen-bond donors (Lipinski definition) is 2. The Morgan fingerprint density at radius 3 is 2.86 bits per heavy atom. The van der Waals surface area contributed by atoms with Gasteiger partial charge in [-0.15, -0.1) is 0 Å². The van der Waals surface area contributed by atoms with Crippen LogP contribution in [0.1, 0.15) is 21.6 Å². The van der Waals surface area contributed by atoms with E-state index in [2.05, 4.69) is 40.3 Å². The Hall–Kier alpha value is -1.85. The molecule has 1 aromatic heterocycles. The number of amides is 1. The number of benzene rings is 1. The summed E-state index contributed by atoms with van der Waals surface area (Å²) < 4.78 is 5.32. The van der Waals surface area contributed by atoms with Crippen LogP contribution in [0.4, 0.5) is 0 Å². The highest BCUT2D eigenvalue weighted by Gasteiger charge is 2.15. The number of fused-ring (bicyclic) bond motifs is 1. The largest absolute Gasteiger partial charge is 0.379 e. The average Bonchev–Trinajstić information content (AvgIpc) is 2.84. The molecule has 2 N–H and O–H groups in total. The average molecular weight is 301 g/mol. The van der Waals surface area contributed by atoms with E-state index in [1.165, 1.54) is 5.56 Å². The highest BCUT2D eigenvalue weighted by molar-refractivity contribution is 6.00. The van der Waals surface area contributed by atoms with E-state index in [-0.39, 0.29) is 5.91 Å². The van der Waals surface area contributed by atoms with E-state index in [1.807, 2.05) is 6.92 Å². The van der Waals surface area contributed by atoms with Gasteiger partial charge in [-0.3, -0.25) is 9.69 Å². The summed E-state index contributed by atoms with van der Waals surface area (Å²) in [4.78, 5) is 17.9. The van der Waals surface area contributed by atoms with Gasteiger partial charge in [0.05, 0.1) is 13.2 Å². The van der Waals surface area contributed by atoms with Crippen LogP contribution in [-0.4, -0.2) is 55.2 Å². The number of H-pyrrole nitrogens is 1. The summed E-state index contributed by atoms with van der Waals surface area (Å²) in [6, 6.07) is 6.22. The zero-order valence-corrected chi connectivity index (χ0v) is 13.2. The normalized spacial score (nSPS) is 16.1. The summed E-state index contributed by atoms with van der Waals surface area (Å²) in [5.74, 6) is -0.0281. The minimum atomic E-state index is -0.0281. The van der Waals surface area contributed by atoms with Gasteiger partial charge >= 0.3 is 0 Å². The van der Waals surface area contributed by atoms with Crippen LogP contribution in [0.3, 0.4) is 0 Å². The lowest BCUT2D eigenvalue weighted by atomic mass is 10.1. The second-order valence-corrected chi connectivity index (χ2v) is 5.88. The zero-order valence-electron chi connectivity index (χ0n) is 13.2. The Morgan fingerprint density at radius 2 is 2.09 bits per heavy atom. The molecule has 3 rings (SSSR count). The summed E-state index contributed by atoms with van der Waals surface area (Å²) in [5.41, 5.74) is 3.89. The smallest absolute Gasteiger partial charge is 0.268 e.